The lowest BCUT2D eigenvalue weighted by Crippen LogP contribution is -2.16. The van der Waals surface area contributed by atoms with Crippen LogP contribution in [-0.4, -0.2) is 25.8 Å². The van der Waals surface area contributed by atoms with E-state index in [0.29, 0.717) is 34.2 Å². The summed E-state index contributed by atoms with van der Waals surface area (Å²) in [5.41, 5.74) is 0. The second kappa shape index (κ2) is 4.60. The molecule has 0 saturated heterocycles. The second-order valence-corrected chi connectivity index (χ2v) is 6.12. The van der Waals surface area contributed by atoms with E-state index >= 15 is 0 Å². The van der Waals surface area contributed by atoms with Crippen LogP contribution in [0.4, 0.5) is 0 Å². The molecule has 3 aliphatic rings. The maximum absolute atomic E-state index is 11.2. The van der Waals surface area contributed by atoms with Crippen LogP contribution in [0, 0.1) is 0 Å². The third-order valence-electron chi connectivity index (χ3n) is 2.52. The number of oxazole rings is 1. The Hall–Kier alpha value is -0.980. The van der Waals surface area contributed by atoms with E-state index in [1.807, 2.05) is 0 Å². The van der Waals surface area contributed by atoms with Crippen molar-refractivity contribution in [2.24, 2.45) is 4.99 Å². The first-order valence-electron chi connectivity index (χ1n) is 5.15. The van der Waals surface area contributed by atoms with Crippen molar-refractivity contribution in [3.8, 4) is 11.6 Å². The second-order valence-electron chi connectivity index (χ2n) is 3.81. The molecule has 0 aromatic carbocycles. The summed E-state index contributed by atoms with van der Waals surface area (Å²) in [6.07, 6.45) is 1.72. The quantitative estimate of drug-likeness (QED) is 0.854. The predicted molar refractivity (Wildman–Crippen MR) is 71.9 cm³/mol. The zero-order valence-corrected chi connectivity index (χ0v) is 11.3. The maximum atomic E-state index is 11.2. The molecule has 0 aromatic heterocycles. The fourth-order valence-electron chi connectivity index (χ4n) is 1.82. The van der Waals surface area contributed by atoms with Gasteiger partial charge < -0.3 is 8.98 Å². The van der Waals surface area contributed by atoms with Gasteiger partial charge in [0, 0.05) is 24.1 Å². The normalized spacial score (nSPS) is 19.4. The monoisotopic (exact) mass is 303 g/mol. The summed E-state index contributed by atoms with van der Waals surface area (Å²) in [7, 11) is 0. The largest absolute Gasteiger partial charge is 0.441 e. The fraction of sp³-hybridized carbons (Fsp3) is 0.300. The van der Waals surface area contributed by atoms with Crippen molar-refractivity contribution >= 4 is 39.5 Å². The van der Waals surface area contributed by atoms with E-state index in [-0.39, 0.29) is 5.25 Å². The molecule has 3 rings (SSSR count). The van der Waals surface area contributed by atoms with Crippen molar-refractivity contribution in [1.29, 1.82) is 0 Å². The summed E-state index contributed by atoms with van der Waals surface area (Å²) < 4.78 is 7.30. The Bertz CT molecular complexity index is 651. The molecule has 0 radical (unpaired) electrons. The van der Waals surface area contributed by atoms with Crippen molar-refractivity contribution in [2.75, 3.05) is 6.54 Å². The molecule has 94 valence electrons. The van der Waals surface area contributed by atoms with Crippen LogP contribution in [0.1, 0.15) is 0 Å². The Balaban J connectivity index is 1.94. The molecule has 0 amide bonds. The highest BCUT2D eigenvalue weighted by Gasteiger charge is 2.22. The molecule has 1 atom stereocenters. The number of nitrogens with zero attached hydrogens (tertiary/aromatic N) is 3. The van der Waals surface area contributed by atoms with Gasteiger partial charge >= 0.3 is 5.76 Å². The van der Waals surface area contributed by atoms with Crippen molar-refractivity contribution in [3.63, 3.8) is 0 Å². The summed E-state index contributed by atoms with van der Waals surface area (Å²) in [6.45, 7) is 1.26. The lowest BCUT2D eigenvalue weighted by molar-refractivity contribution is 0.528. The van der Waals surface area contributed by atoms with Gasteiger partial charge in [0.25, 0.3) is 0 Å². The summed E-state index contributed by atoms with van der Waals surface area (Å²) in [4.78, 5) is 19.1. The zero-order chi connectivity index (χ0) is 12.7. The Morgan fingerprint density at radius 1 is 1.56 bits per heavy atom. The van der Waals surface area contributed by atoms with Gasteiger partial charge in [-0.15, -0.1) is 0 Å². The Morgan fingerprint density at radius 3 is 3.11 bits per heavy atom. The molecule has 0 N–H and O–H groups in total. The number of rotatable bonds is 2. The smallest absolute Gasteiger partial charge is 0.405 e. The summed E-state index contributed by atoms with van der Waals surface area (Å²) in [5.74, 6) is 0.268. The SMILES string of the molecule is O=c1nc2n(CC3CN=C(Cl)S3)cc(Cl)cc-2o1. The van der Waals surface area contributed by atoms with E-state index in [4.69, 9.17) is 27.6 Å². The molecule has 5 nitrogen and oxygen atoms in total. The van der Waals surface area contributed by atoms with Gasteiger partial charge in [0.15, 0.2) is 16.1 Å². The van der Waals surface area contributed by atoms with E-state index in [0.717, 1.165) is 0 Å². The minimum absolute atomic E-state index is 0.218. The average Bonchev–Trinajstić information content (AvgIpc) is 2.84. The van der Waals surface area contributed by atoms with Gasteiger partial charge in [-0.3, -0.25) is 4.99 Å². The standard InChI is InChI=1S/C10H7Cl2N3O2S/c11-5-1-7-8(14-10(16)17-7)15(3-5)4-6-2-13-9(12)18-6/h1,3,6H,2,4H2. The van der Waals surface area contributed by atoms with Crippen molar-refractivity contribution < 1.29 is 4.42 Å². The van der Waals surface area contributed by atoms with Crippen LogP contribution in [0.3, 0.4) is 0 Å². The fourth-order valence-corrected chi connectivity index (χ4v) is 3.29. The highest BCUT2D eigenvalue weighted by atomic mass is 35.5. The van der Waals surface area contributed by atoms with Crippen LogP contribution >= 0.6 is 35.0 Å². The van der Waals surface area contributed by atoms with E-state index in [1.54, 1.807) is 16.8 Å². The third kappa shape index (κ3) is 2.28. The van der Waals surface area contributed by atoms with Gasteiger partial charge in [-0.2, -0.15) is 4.98 Å². The molecule has 0 aliphatic carbocycles. The molecule has 1 unspecified atom stereocenters. The average molecular weight is 304 g/mol. The van der Waals surface area contributed by atoms with E-state index in [2.05, 4.69) is 9.98 Å². The van der Waals surface area contributed by atoms with Crippen molar-refractivity contribution in [1.82, 2.24) is 9.55 Å². The van der Waals surface area contributed by atoms with Crippen LogP contribution in [0.5, 0.6) is 0 Å². The molecular weight excluding hydrogens is 297 g/mol. The van der Waals surface area contributed by atoms with Crippen molar-refractivity contribution in [2.45, 2.75) is 11.8 Å². The Kier molecular flexibility index (Phi) is 3.09. The van der Waals surface area contributed by atoms with Gasteiger partial charge in [0.1, 0.15) is 0 Å². The van der Waals surface area contributed by atoms with Crippen LogP contribution < -0.4 is 5.76 Å². The first-order valence-corrected chi connectivity index (χ1v) is 6.78. The molecule has 0 bridgehead atoms. The molecule has 0 saturated carbocycles. The molecule has 18 heavy (non-hydrogen) atoms. The molecule has 0 aromatic rings. The number of aliphatic imine (C=N–C) groups is 1. The first-order chi connectivity index (χ1) is 8.61. The van der Waals surface area contributed by atoms with Gasteiger partial charge in [0.05, 0.1) is 11.6 Å². The van der Waals surface area contributed by atoms with Crippen LogP contribution in [-0.2, 0) is 6.54 Å². The minimum atomic E-state index is -0.616. The lowest BCUT2D eigenvalue weighted by atomic mass is 10.3. The Labute approximate surface area is 116 Å². The molecule has 3 heterocycles. The number of fused-ring (bicyclic) bond motifs is 1. The molecule has 0 spiro atoms. The minimum Gasteiger partial charge on any atom is -0.405 e. The highest BCUT2D eigenvalue weighted by Crippen LogP contribution is 2.28. The number of hydrogen-bond acceptors (Lipinski definition) is 5. The number of aromatic nitrogens is 2. The highest BCUT2D eigenvalue weighted by molar-refractivity contribution is 8.17. The van der Waals surface area contributed by atoms with E-state index in [9.17, 15) is 4.79 Å². The third-order valence-corrected chi connectivity index (χ3v) is 4.07. The number of halogens is 2. The lowest BCUT2D eigenvalue weighted by Gasteiger charge is -2.14. The topological polar surface area (TPSA) is 60.4 Å². The summed E-state index contributed by atoms with van der Waals surface area (Å²) >= 11 is 13.3. The van der Waals surface area contributed by atoms with E-state index in [1.165, 1.54) is 11.8 Å². The number of hydrogen-bond donors (Lipinski definition) is 0. The van der Waals surface area contributed by atoms with Gasteiger partial charge in [-0.05, 0) is 0 Å². The van der Waals surface area contributed by atoms with Crippen molar-refractivity contribution in [3.05, 3.63) is 27.8 Å². The van der Waals surface area contributed by atoms with E-state index < -0.39 is 5.76 Å². The van der Waals surface area contributed by atoms with Crippen LogP contribution in [0.2, 0.25) is 5.02 Å². The number of pyridine rings is 1. The molecule has 8 heteroatoms. The Morgan fingerprint density at radius 2 is 2.39 bits per heavy atom. The molecular formula is C10H7Cl2N3O2S. The molecule has 0 fully saturated rings. The maximum Gasteiger partial charge on any atom is 0.441 e. The van der Waals surface area contributed by atoms with Gasteiger partial charge in [-0.25, -0.2) is 4.79 Å². The molecule has 3 aliphatic heterocycles. The summed E-state index contributed by atoms with van der Waals surface area (Å²) in [6, 6.07) is 1.58. The van der Waals surface area contributed by atoms with Crippen LogP contribution in [0.15, 0.2) is 26.5 Å². The summed E-state index contributed by atoms with van der Waals surface area (Å²) in [5, 5.41) is 0.713. The van der Waals surface area contributed by atoms with Crippen LogP contribution in [0.25, 0.3) is 11.6 Å². The van der Waals surface area contributed by atoms with Gasteiger partial charge in [0.2, 0.25) is 0 Å². The predicted octanol–water partition coefficient (Wildman–Crippen LogP) is 2.30. The zero-order valence-electron chi connectivity index (χ0n) is 8.97. The number of thioether (sulfide) groups is 1. The van der Waals surface area contributed by atoms with Gasteiger partial charge in [-0.1, -0.05) is 35.0 Å². The first kappa shape index (κ1) is 12.1.